The van der Waals surface area contributed by atoms with Gasteiger partial charge >= 0.3 is 5.97 Å². The average Bonchev–Trinajstić information content (AvgIpc) is 3.48. The first-order chi connectivity index (χ1) is 13.6. The van der Waals surface area contributed by atoms with Crippen molar-refractivity contribution in [3.8, 4) is 11.3 Å². The molecule has 4 rings (SSSR count). The molecule has 0 radical (unpaired) electrons. The van der Waals surface area contributed by atoms with Crippen molar-refractivity contribution in [3.05, 3.63) is 39.6 Å². The van der Waals surface area contributed by atoms with Crippen LogP contribution in [0.5, 0.6) is 0 Å². The predicted octanol–water partition coefficient (Wildman–Crippen LogP) is 4.94. The Labute approximate surface area is 179 Å². The number of carboxylic acid groups (broad SMARTS) is 1. The van der Waals surface area contributed by atoms with Gasteiger partial charge in [0.15, 0.2) is 0 Å². The van der Waals surface area contributed by atoms with E-state index in [1.54, 1.807) is 0 Å². The highest BCUT2D eigenvalue weighted by Gasteiger charge is 2.32. The van der Waals surface area contributed by atoms with E-state index < -0.39 is 5.97 Å². The van der Waals surface area contributed by atoms with Gasteiger partial charge in [-0.2, -0.15) is 5.10 Å². The van der Waals surface area contributed by atoms with Gasteiger partial charge in [-0.15, -0.1) is 0 Å². The molecule has 2 aliphatic rings. The fourth-order valence-electron chi connectivity index (χ4n) is 4.22. The molecular formula is C22H27IN2O3. The van der Waals surface area contributed by atoms with E-state index >= 15 is 0 Å². The largest absolute Gasteiger partial charge is 0.480 e. The van der Waals surface area contributed by atoms with Crippen molar-refractivity contribution < 1.29 is 14.6 Å². The van der Waals surface area contributed by atoms with Gasteiger partial charge in [0.05, 0.1) is 21.6 Å². The van der Waals surface area contributed by atoms with Gasteiger partial charge in [-0.05, 0) is 73.0 Å². The monoisotopic (exact) mass is 494 g/mol. The normalized spacial score (nSPS) is 22.3. The number of carboxylic acids is 1. The van der Waals surface area contributed by atoms with E-state index in [9.17, 15) is 4.79 Å². The summed E-state index contributed by atoms with van der Waals surface area (Å²) < 4.78 is 8.88. The van der Waals surface area contributed by atoms with E-state index in [1.807, 2.05) is 0 Å². The Morgan fingerprint density at radius 1 is 1.11 bits per heavy atom. The third-order valence-electron chi connectivity index (χ3n) is 5.91. The molecule has 1 N–H and O–H groups in total. The zero-order valence-corrected chi connectivity index (χ0v) is 18.2. The van der Waals surface area contributed by atoms with Gasteiger partial charge in [0.25, 0.3) is 0 Å². The maximum Gasteiger partial charge on any atom is 0.329 e. The Balaban J connectivity index is 1.42. The molecule has 150 valence electrons. The number of halogens is 1. The first-order valence-electron chi connectivity index (χ1n) is 10.2. The van der Waals surface area contributed by atoms with Crippen molar-refractivity contribution in [1.29, 1.82) is 0 Å². The summed E-state index contributed by atoms with van der Waals surface area (Å²) in [7, 11) is 0. The fourth-order valence-corrected chi connectivity index (χ4v) is 5.36. The number of benzene rings is 1. The summed E-state index contributed by atoms with van der Waals surface area (Å²) in [6.07, 6.45) is 7.07. The molecule has 5 nitrogen and oxygen atoms in total. The molecule has 0 atom stereocenters. The lowest BCUT2D eigenvalue weighted by atomic mass is 9.82. The number of rotatable bonds is 8. The second-order valence-electron chi connectivity index (χ2n) is 8.17. The summed E-state index contributed by atoms with van der Waals surface area (Å²) in [4.78, 5) is 10.6. The predicted molar refractivity (Wildman–Crippen MR) is 116 cm³/mol. The van der Waals surface area contributed by atoms with E-state index in [0.717, 1.165) is 32.2 Å². The molecule has 0 aliphatic heterocycles. The van der Waals surface area contributed by atoms with Crippen LogP contribution < -0.4 is 0 Å². The number of aromatic nitrogens is 2. The van der Waals surface area contributed by atoms with Gasteiger partial charge in [-0.1, -0.05) is 30.3 Å². The van der Waals surface area contributed by atoms with Crippen molar-refractivity contribution in [2.24, 2.45) is 11.8 Å². The molecule has 0 amide bonds. The van der Waals surface area contributed by atoms with Crippen LogP contribution in [0.1, 0.15) is 50.1 Å². The molecular weight excluding hydrogens is 467 g/mol. The van der Waals surface area contributed by atoms with Crippen molar-refractivity contribution in [1.82, 2.24) is 9.78 Å². The van der Waals surface area contributed by atoms with Gasteiger partial charge in [-0.3, -0.25) is 4.68 Å². The summed E-state index contributed by atoms with van der Waals surface area (Å²) in [5, 5.41) is 13.8. The van der Waals surface area contributed by atoms with Crippen LogP contribution in [0.4, 0.5) is 0 Å². The van der Waals surface area contributed by atoms with E-state index in [4.69, 9.17) is 14.9 Å². The SMILES string of the molecule is O=C(O)COC[C@H]1CC[C@H](Cn2nc(C3CC3)c(I)c2-c2ccccc2)CC1. The number of aliphatic carboxylic acids is 1. The molecule has 1 heterocycles. The second kappa shape index (κ2) is 8.95. The molecule has 0 saturated heterocycles. The summed E-state index contributed by atoms with van der Waals surface area (Å²) in [5.41, 5.74) is 3.81. The zero-order valence-electron chi connectivity index (χ0n) is 16.0. The van der Waals surface area contributed by atoms with Gasteiger partial charge in [0, 0.05) is 18.0 Å². The van der Waals surface area contributed by atoms with E-state index in [0.29, 0.717) is 24.4 Å². The van der Waals surface area contributed by atoms with Crippen LogP contribution in [0, 0.1) is 15.4 Å². The van der Waals surface area contributed by atoms with Crippen molar-refractivity contribution in [2.45, 2.75) is 51.0 Å². The van der Waals surface area contributed by atoms with Crippen LogP contribution in [-0.4, -0.2) is 34.1 Å². The minimum absolute atomic E-state index is 0.184. The minimum Gasteiger partial charge on any atom is -0.480 e. The molecule has 6 heteroatoms. The molecule has 0 spiro atoms. The molecule has 28 heavy (non-hydrogen) atoms. The van der Waals surface area contributed by atoms with Gasteiger partial charge in [-0.25, -0.2) is 4.79 Å². The number of hydrogen-bond donors (Lipinski definition) is 1. The molecule has 0 bridgehead atoms. The molecule has 0 unspecified atom stereocenters. The Bertz CT molecular complexity index is 809. The van der Waals surface area contributed by atoms with Crippen molar-refractivity contribution in [2.75, 3.05) is 13.2 Å². The maximum atomic E-state index is 10.6. The van der Waals surface area contributed by atoms with Crippen LogP contribution in [-0.2, 0) is 16.1 Å². The smallest absolute Gasteiger partial charge is 0.329 e. The number of nitrogens with zero attached hydrogens (tertiary/aromatic N) is 2. The Kier molecular flexibility index (Phi) is 6.35. The first-order valence-corrected chi connectivity index (χ1v) is 11.3. The van der Waals surface area contributed by atoms with Gasteiger partial charge < -0.3 is 9.84 Å². The second-order valence-corrected chi connectivity index (χ2v) is 9.24. The molecule has 1 aromatic heterocycles. The van der Waals surface area contributed by atoms with Crippen LogP contribution in [0.2, 0.25) is 0 Å². The maximum absolute atomic E-state index is 10.6. The van der Waals surface area contributed by atoms with E-state index in [1.165, 1.54) is 33.4 Å². The quantitative estimate of drug-likeness (QED) is 0.529. The summed E-state index contributed by atoms with van der Waals surface area (Å²) >= 11 is 2.49. The number of carbonyl (C=O) groups is 1. The topological polar surface area (TPSA) is 64.3 Å². The Morgan fingerprint density at radius 3 is 2.43 bits per heavy atom. The highest BCUT2D eigenvalue weighted by atomic mass is 127. The summed E-state index contributed by atoms with van der Waals surface area (Å²) in [6.45, 7) is 1.35. The average molecular weight is 494 g/mol. The first kappa shape index (κ1) is 19.9. The van der Waals surface area contributed by atoms with Crippen LogP contribution in [0.25, 0.3) is 11.3 Å². The third-order valence-corrected chi connectivity index (χ3v) is 6.97. The highest BCUT2D eigenvalue weighted by molar-refractivity contribution is 14.1. The highest BCUT2D eigenvalue weighted by Crippen LogP contribution is 2.44. The summed E-state index contributed by atoms with van der Waals surface area (Å²) in [6, 6.07) is 10.6. The van der Waals surface area contributed by atoms with E-state index in [2.05, 4.69) is 57.6 Å². The zero-order chi connectivity index (χ0) is 19.5. The molecule has 2 aromatic rings. The molecule has 1 aromatic carbocycles. The lowest BCUT2D eigenvalue weighted by molar-refractivity contribution is -0.142. The standard InChI is InChI=1S/C22H27IN2O3/c23-20-21(17-10-11-17)24-25(22(20)18-4-2-1-3-5-18)12-15-6-8-16(9-7-15)13-28-14-19(26)27/h1-5,15-17H,6-14H2,(H,26,27)/t15-,16-. The third kappa shape index (κ3) is 4.76. The molecule has 2 aliphatic carbocycles. The number of hydrogen-bond acceptors (Lipinski definition) is 3. The van der Waals surface area contributed by atoms with Gasteiger partial charge in [0.1, 0.15) is 6.61 Å². The molecule has 2 saturated carbocycles. The van der Waals surface area contributed by atoms with Crippen molar-refractivity contribution >= 4 is 28.6 Å². The van der Waals surface area contributed by atoms with E-state index in [-0.39, 0.29) is 6.61 Å². The van der Waals surface area contributed by atoms with Crippen LogP contribution >= 0.6 is 22.6 Å². The van der Waals surface area contributed by atoms with Crippen LogP contribution in [0.15, 0.2) is 30.3 Å². The molecule has 2 fully saturated rings. The van der Waals surface area contributed by atoms with Crippen molar-refractivity contribution in [3.63, 3.8) is 0 Å². The lowest BCUT2D eigenvalue weighted by Crippen LogP contribution is -2.23. The van der Waals surface area contributed by atoms with Gasteiger partial charge in [0.2, 0.25) is 0 Å². The Morgan fingerprint density at radius 2 is 1.79 bits per heavy atom. The number of ether oxygens (including phenoxy) is 1. The minimum atomic E-state index is -0.887. The summed E-state index contributed by atoms with van der Waals surface area (Å²) in [5.74, 6) is 0.879. The fraction of sp³-hybridized carbons (Fsp3) is 0.545. The van der Waals surface area contributed by atoms with Crippen LogP contribution in [0.3, 0.4) is 0 Å². The Hall–Kier alpha value is -1.41. The lowest BCUT2D eigenvalue weighted by Gasteiger charge is -2.28.